The summed E-state index contributed by atoms with van der Waals surface area (Å²) < 4.78 is 5.52. The number of fused-ring (bicyclic) bond motifs is 1. The lowest BCUT2D eigenvalue weighted by molar-refractivity contribution is 0.331. The lowest BCUT2D eigenvalue weighted by Gasteiger charge is -2.23. The van der Waals surface area contributed by atoms with E-state index in [-0.39, 0.29) is 0 Å². The molecule has 2 N–H and O–H groups in total. The van der Waals surface area contributed by atoms with Gasteiger partial charge in [-0.25, -0.2) is 0 Å². The first-order valence-corrected chi connectivity index (χ1v) is 6.94. The van der Waals surface area contributed by atoms with E-state index in [1.54, 1.807) is 0 Å². The SMILES string of the molecule is CC(C)(C)CC(N)CCc1ccc2c(c1)CCO2. The molecule has 1 aromatic carbocycles. The Bertz CT molecular complexity index is 406. The van der Waals surface area contributed by atoms with Gasteiger partial charge in [0.25, 0.3) is 0 Å². The van der Waals surface area contributed by atoms with Crippen molar-refractivity contribution in [2.24, 2.45) is 11.1 Å². The highest BCUT2D eigenvalue weighted by Crippen LogP contribution is 2.27. The van der Waals surface area contributed by atoms with Gasteiger partial charge in [-0.05, 0) is 41.9 Å². The zero-order valence-electron chi connectivity index (χ0n) is 11.8. The molecule has 1 heterocycles. The minimum Gasteiger partial charge on any atom is -0.493 e. The number of hydrogen-bond donors (Lipinski definition) is 1. The molecule has 0 saturated carbocycles. The first kappa shape index (κ1) is 13.4. The van der Waals surface area contributed by atoms with E-state index in [0.717, 1.165) is 38.0 Å². The molecule has 2 heteroatoms. The van der Waals surface area contributed by atoms with Gasteiger partial charge in [-0.2, -0.15) is 0 Å². The quantitative estimate of drug-likeness (QED) is 0.886. The maximum absolute atomic E-state index is 6.20. The van der Waals surface area contributed by atoms with Crippen LogP contribution in [0.15, 0.2) is 18.2 Å². The van der Waals surface area contributed by atoms with Crippen molar-refractivity contribution in [1.29, 1.82) is 0 Å². The van der Waals surface area contributed by atoms with Crippen molar-refractivity contribution in [3.63, 3.8) is 0 Å². The molecule has 0 bridgehead atoms. The standard InChI is InChI=1S/C16H25NO/c1-16(2,3)11-14(17)6-4-12-5-7-15-13(10-12)8-9-18-15/h5,7,10,14H,4,6,8-9,11,17H2,1-3H3. The first-order valence-electron chi connectivity index (χ1n) is 6.94. The van der Waals surface area contributed by atoms with Gasteiger partial charge in [0.05, 0.1) is 6.61 Å². The Hall–Kier alpha value is -1.02. The Kier molecular flexibility index (Phi) is 3.96. The minimum atomic E-state index is 0.300. The van der Waals surface area contributed by atoms with Crippen molar-refractivity contribution < 1.29 is 4.74 Å². The second-order valence-corrected chi connectivity index (χ2v) is 6.60. The van der Waals surface area contributed by atoms with Crippen LogP contribution in [-0.2, 0) is 12.8 Å². The summed E-state index contributed by atoms with van der Waals surface area (Å²) in [5, 5.41) is 0. The molecule has 0 spiro atoms. The third kappa shape index (κ3) is 3.74. The molecular weight excluding hydrogens is 222 g/mol. The number of rotatable bonds is 4. The van der Waals surface area contributed by atoms with E-state index in [0.29, 0.717) is 11.5 Å². The predicted octanol–water partition coefficient (Wildman–Crippen LogP) is 3.32. The van der Waals surface area contributed by atoms with E-state index in [4.69, 9.17) is 10.5 Å². The van der Waals surface area contributed by atoms with Gasteiger partial charge in [0, 0.05) is 12.5 Å². The van der Waals surface area contributed by atoms with Gasteiger partial charge >= 0.3 is 0 Å². The van der Waals surface area contributed by atoms with Crippen molar-refractivity contribution in [2.45, 2.75) is 52.5 Å². The van der Waals surface area contributed by atoms with Gasteiger partial charge in [0.15, 0.2) is 0 Å². The molecule has 100 valence electrons. The highest BCUT2D eigenvalue weighted by atomic mass is 16.5. The third-order valence-electron chi connectivity index (χ3n) is 3.43. The summed E-state index contributed by atoms with van der Waals surface area (Å²) in [5.74, 6) is 1.07. The molecule has 0 amide bonds. The van der Waals surface area contributed by atoms with Gasteiger partial charge in [0.1, 0.15) is 5.75 Å². The van der Waals surface area contributed by atoms with E-state index >= 15 is 0 Å². The molecular formula is C16H25NO. The Balaban J connectivity index is 1.87. The average molecular weight is 247 g/mol. The molecule has 1 unspecified atom stereocenters. The Morgan fingerprint density at radius 3 is 2.83 bits per heavy atom. The monoisotopic (exact) mass is 247 g/mol. The summed E-state index contributed by atoms with van der Waals surface area (Å²) in [4.78, 5) is 0. The summed E-state index contributed by atoms with van der Waals surface area (Å²) in [6.07, 6.45) is 4.28. The number of ether oxygens (including phenoxy) is 1. The highest BCUT2D eigenvalue weighted by molar-refractivity contribution is 5.39. The zero-order chi connectivity index (χ0) is 13.2. The second kappa shape index (κ2) is 5.31. The molecule has 0 aliphatic carbocycles. The van der Waals surface area contributed by atoms with Crippen LogP contribution in [0.2, 0.25) is 0 Å². The first-order chi connectivity index (χ1) is 8.44. The van der Waals surface area contributed by atoms with Crippen molar-refractivity contribution in [3.8, 4) is 5.75 Å². The number of nitrogens with two attached hydrogens (primary N) is 1. The van der Waals surface area contributed by atoms with E-state index < -0.39 is 0 Å². The van der Waals surface area contributed by atoms with E-state index in [2.05, 4.69) is 39.0 Å². The second-order valence-electron chi connectivity index (χ2n) is 6.60. The molecule has 0 fully saturated rings. The Labute approximate surface area is 111 Å². The van der Waals surface area contributed by atoms with Crippen molar-refractivity contribution in [3.05, 3.63) is 29.3 Å². The molecule has 1 aliphatic rings. The van der Waals surface area contributed by atoms with E-state index in [9.17, 15) is 0 Å². The molecule has 18 heavy (non-hydrogen) atoms. The lowest BCUT2D eigenvalue weighted by Crippen LogP contribution is -2.26. The van der Waals surface area contributed by atoms with Crippen LogP contribution in [0.4, 0.5) is 0 Å². The zero-order valence-corrected chi connectivity index (χ0v) is 11.8. The lowest BCUT2D eigenvalue weighted by atomic mass is 9.86. The molecule has 2 nitrogen and oxygen atoms in total. The number of benzene rings is 1. The van der Waals surface area contributed by atoms with Gasteiger partial charge in [-0.15, -0.1) is 0 Å². The number of hydrogen-bond acceptors (Lipinski definition) is 2. The van der Waals surface area contributed by atoms with E-state index in [1.807, 2.05) is 0 Å². The minimum absolute atomic E-state index is 0.300. The summed E-state index contributed by atoms with van der Waals surface area (Å²) in [5.41, 5.74) is 9.27. The van der Waals surface area contributed by atoms with Crippen molar-refractivity contribution in [1.82, 2.24) is 0 Å². The van der Waals surface area contributed by atoms with Crippen LogP contribution in [0.3, 0.4) is 0 Å². The fourth-order valence-corrected chi connectivity index (χ4v) is 2.64. The van der Waals surface area contributed by atoms with Crippen LogP contribution in [0.5, 0.6) is 5.75 Å². The van der Waals surface area contributed by atoms with Crippen LogP contribution >= 0.6 is 0 Å². The van der Waals surface area contributed by atoms with Crippen LogP contribution in [-0.4, -0.2) is 12.6 Å². The number of aryl methyl sites for hydroxylation is 1. The van der Waals surface area contributed by atoms with Crippen LogP contribution in [0.1, 0.15) is 44.7 Å². The molecule has 0 radical (unpaired) electrons. The van der Waals surface area contributed by atoms with Crippen molar-refractivity contribution in [2.75, 3.05) is 6.61 Å². The molecule has 0 saturated heterocycles. The molecule has 1 atom stereocenters. The average Bonchev–Trinajstić information content (AvgIpc) is 2.71. The maximum atomic E-state index is 6.20. The van der Waals surface area contributed by atoms with Gasteiger partial charge in [-0.1, -0.05) is 32.9 Å². The fraction of sp³-hybridized carbons (Fsp3) is 0.625. The molecule has 1 aliphatic heterocycles. The largest absolute Gasteiger partial charge is 0.493 e. The Morgan fingerprint density at radius 1 is 1.33 bits per heavy atom. The van der Waals surface area contributed by atoms with Gasteiger partial charge < -0.3 is 10.5 Å². The molecule has 0 aromatic heterocycles. The van der Waals surface area contributed by atoms with Gasteiger partial charge in [0.2, 0.25) is 0 Å². The topological polar surface area (TPSA) is 35.2 Å². The molecule has 1 aromatic rings. The van der Waals surface area contributed by atoms with Crippen LogP contribution < -0.4 is 10.5 Å². The van der Waals surface area contributed by atoms with Crippen molar-refractivity contribution >= 4 is 0 Å². The summed E-state index contributed by atoms with van der Waals surface area (Å²) in [6, 6.07) is 6.86. The molecule has 2 rings (SSSR count). The summed E-state index contributed by atoms with van der Waals surface area (Å²) in [7, 11) is 0. The van der Waals surface area contributed by atoms with E-state index in [1.165, 1.54) is 11.1 Å². The Morgan fingerprint density at radius 2 is 2.11 bits per heavy atom. The highest BCUT2D eigenvalue weighted by Gasteiger charge is 2.16. The summed E-state index contributed by atoms with van der Waals surface area (Å²) in [6.45, 7) is 7.58. The van der Waals surface area contributed by atoms with Gasteiger partial charge in [-0.3, -0.25) is 0 Å². The normalized spacial score (nSPS) is 16.2. The predicted molar refractivity (Wildman–Crippen MR) is 76.0 cm³/mol. The fourth-order valence-electron chi connectivity index (χ4n) is 2.64. The smallest absolute Gasteiger partial charge is 0.122 e. The van der Waals surface area contributed by atoms with Crippen LogP contribution in [0.25, 0.3) is 0 Å². The van der Waals surface area contributed by atoms with Crippen LogP contribution in [0, 0.1) is 5.41 Å². The third-order valence-corrected chi connectivity index (χ3v) is 3.43. The summed E-state index contributed by atoms with van der Waals surface area (Å²) >= 11 is 0. The maximum Gasteiger partial charge on any atom is 0.122 e.